The third kappa shape index (κ3) is 31.3. The molecule has 94 valence electrons. The zero-order chi connectivity index (χ0) is 14.0. The van der Waals surface area contributed by atoms with E-state index in [9.17, 15) is 4.79 Å². The van der Waals surface area contributed by atoms with Crippen LogP contribution in [-0.2, 0) is 40.6 Å². The van der Waals surface area contributed by atoms with Gasteiger partial charge in [-0.05, 0) is 26.2 Å². The van der Waals surface area contributed by atoms with Gasteiger partial charge in [-0.2, -0.15) is 0 Å². The Bertz CT molecular complexity index is 184. The third-order valence-electron chi connectivity index (χ3n) is 1.11. The Morgan fingerprint density at radius 1 is 1.24 bits per heavy atom. The summed E-state index contributed by atoms with van der Waals surface area (Å²) in [7, 11) is 1.38. The molecule has 0 aromatic rings. The Kier molecular flexibility index (Phi) is 63.6. The molecule has 0 aromatic heterocycles. The van der Waals surface area contributed by atoms with Crippen molar-refractivity contribution in [2.45, 2.75) is 6.92 Å². The van der Waals surface area contributed by atoms with Crippen LogP contribution in [0, 0.1) is 52.1 Å². The van der Waals surface area contributed by atoms with Gasteiger partial charge in [0.25, 0.3) is 0 Å². The quantitative estimate of drug-likeness (QED) is 0.334. The molecule has 6 heteroatoms. The summed E-state index contributed by atoms with van der Waals surface area (Å²) in [4.78, 5) is 10.7. The minimum absolute atomic E-state index is 0. The summed E-state index contributed by atoms with van der Waals surface area (Å²) in [6, 6.07) is 0. The maximum Gasteiger partial charge on any atom is 0.308 e. The van der Waals surface area contributed by atoms with Crippen LogP contribution >= 0.6 is 0 Å². The Morgan fingerprint density at radius 3 is 1.82 bits per heavy atom. The molecule has 0 amide bonds. The molecule has 0 aliphatic carbocycles. The van der Waals surface area contributed by atoms with Gasteiger partial charge in [-0.3, -0.25) is 4.79 Å². The van der Waals surface area contributed by atoms with Crippen molar-refractivity contribution in [1.82, 2.24) is 0 Å². The molecule has 0 spiro atoms. The second kappa shape index (κ2) is 36.2. The summed E-state index contributed by atoms with van der Waals surface area (Å²) in [6.07, 6.45) is 5.08. The van der Waals surface area contributed by atoms with Gasteiger partial charge in [-0.1, -0.05) is 6.92 Å². The number of hydrogen-bond donors (Lipinski definition) is 0. The van der Waals surface area contributed by atoms with Gasteiger partial charge >= 0.3 is 39.9 Å². The molecule has 0 saturated heterocycles. The summed E-state index contributed by atoms with van der Waals surface area (Å²) in [5.41, 5.74) is 0. The number of esters is 1. The molecule has 4 radical (unpaired) electrons. The molecule has 0 aromatic carbocycles. The second-order valence-corrected chi connectivity index (χ2v) is 1.93. The van der Waals surface area contributed by atoms with Crippen molar-refractivity contribution in [2.75, 3.05) is 7.11 Å². The molecule has 0 unspecified atom stereocenters. The van der Waals surface area contributed by atoms with Crippen molar-refractivity contribution in [1.29, 1.82) is 0 Å². The molecule has 1 atom stereocenters. The number of unbranched alkanes of at least 4 members (excludes halogenated alkanes) is 1. The van der Waals surface area contributed by atoms with Gasteiger partial charge in [0.05, 0.1) is 13.0 Å². The molecule has 0 aliphatic heterocycles. The largest absolute Gasteiger partial charge is 0.469 e. The smallest absolute Gasteiger partial charge is 0.308 e. The monoisotopic (exact) mass is 280 g/mol. The van der Waals surface area contributed by atoms with Crippen molar-refractivity contribution in [2.24, 2.45) is 5.92 Å². The first-order chi connectivity index (χ1) is 7.72. The van der Waals surface area contributed by atoms with Gasteiger partial charge < -0.3 is 4.74 Å². The van der Waals surface area contributed by atoms with Crippen LogP contribution in [0.1, 0.15) is 6.92 Å². The molecule has 0 N–H and O–H groups in total. The van der Waals surface area contributed by atoms with Gasteiger partial charge in [0.1, 0.15) is 0 Å². The summed E-state index contributed by atoms with van der Waals surface area (Å²) < 4.78 is 27.0. The topological polar surface area (TPSA) is 86.0 Å². The molecule has 5 nitrogen and oxygen atoms in total. The van der Waals surface area contributed by atoms with E-state index in [-0.39, 0.29) is 29.0 Å². The van der Waals surface area contributed by atoms with Crippen LogP contribution in [0.4, 0.5) is 0 Å². The molecule has 0 rings (SSSR count). The standard InChI is InChI=1S/C8H12O2.3CO.Fe/c1-4-5-6-7(2)8(9)10-3;3*1-2;/h4-7H,1H2,2-3H3;;;;/t7-;;;;/m1..../s1. The van der Waals surface area contributed by atoms with Crippen LogP contribution in [-0.4, -0.2) is 13.1 Å². The fourth-order valence-electron chi connectivity index (χ4n) is 0.510. The molecule has 0 heterocycles. The number of carbonyl (C=O) groups is 1. The molecule has 0 saturated carbocycles. The second-order valence-electron chi connectivity index (χ2n) is 1.93. The number of rotatable bonds is 4. The predicted molar refractivity (Wildman–Crippen MR) is 51.2 cm³/mol. The van der Waals surface area contributed by atoms with Crippen LogP contribution in [0.2, 0.25) is 0 Å². The van der Waals surface area contributed by atoms with Crippen molar-refractivity contribution in [3.05, 3.63) is 46.1 Å². The van der Waals surface area contributed by atoms with Gasteiger partial charge in [0.15, 0.2) is 0 Å². The molecule has 0 bridgehead atoms. The zero-order valence-corrected chi connectivity index (χ0v) is 10.5. The first-order valence-corrected chi connectivity index (χ1v) is 3.70. The van der Waals surface area contributed by atoms with E-state index in [1.54, 1.807) is 26.2 Å². The summed E-state index contributed by atoms with van der Waals surface area (Å²) in [5.74, 6) is -0.402. The maximum atomic E-state index is 10.7. The molecular formula is C11H12FeO5. The van der Waals surface area contributed by atoms with Gasteiger partial charge in [0, 0.05) is 17.1 Å². The number of methoxy groups -OCH3 is 1. The number of ether oxygens (including phenoxy) is 1. The molecule has 0 fully saturated rings. The average molecular weight is 280 g/mol. The van der Waals surface area contributed by atoms with Crippen molar-refractivity contribution in [3.63, 3.8) is 0 Å². The van der Waals surface area contributed by atoms with Gasteiger partial charge in [-0.25, -0.2) is 0 Å². The summed E-state index contributed by atoms with van der Waals surface area (Å²) in [6.45, 7) is 18.7. The van der Waals surface area contributed by atoms with Crippen LogP contribution in [0.5, 0.6) is 0 Å². The van der Waals surface area contributed by atoms with E-state index in [4.69, 9.17) is 14.0 Å². The fourth-order valence-corrected chi connectivity index (χ4v) is 0.510. The van der Waals surface area contributed by atoms with E-state index in [1.807, 2.05) is 0 Å². The Hall–Kier alpha value is -0.791. The maximum absolute atomic E-state index is 10.7. The van der Waals surface area contributed by atoms with E-state index >= 15 is 0 Å². The fraction of sp³-hybridized carbons (Fsp3) is 0.273. The summed E-state index contributed by atoms with van der Waals surface area (Å²) in [5, 5.41) is 0. The van der Waals surface area contributed by atoms with Crippen LogP contribution in [0.3, 0.4) is 0 Å². The van der Waals surface area contributed by atoms with Crippen LogP contribution in [0.25, 0.3) is 0 Å². The Morgan fingerprint density at radius 2 is 1.59 bits per heavy atom. The average Bonchev–Trinajstić information content (AvgIpc) is 2.41. The van der Waals surface area contributed by atoms with E-state index < -0.39 is 0 Å². The minimum atomic E-state index is -0.224. The van der Waals surface area contributed by atoms with Crippen molar-refractivity contribution < 1.29 is 40.6 Å². The number of hydrogen-bond acceptors (Lipinski definition) is 2. The molecule has 17 heavy (non-hydrogen) atoms. The molecule has 0 aliphatic rings. The number of carbonyl (C=O) groups excluding carboxylic acids is 1. The van der Waals surface area contributed by atoms with Crippen LogP contribution in [0.15, 0.2) is 0 Å². The van der Waals surface area contributed by atoms with Gasteiger partial charge in [0.2, 0.25) is 0 Å². The van der Waals surface area contributed by atoms with E-state index in [1.165, 1.54) is 7.11 Å². The van der Waals surface area contributed by atoms with E-state index in [0.717, 1.165) is 0 Å². The Labute approximate surface area is 113 Å². The van der Waals surface area contributed by atoms with Gasteiger partial charge in [-0.15, -0.1) is 0 Å². The first kappa shape index (κ1) is 29.8. The minimum Gasteiger partial charge on any atom is -0.469 e. The SMILES string of the molecule is [C-]#[O+].[C-]#[O+].[C-]#[O+].[CH2][CH][CH][CH][C@@H](C)C(=O)OC.[Fe]. The third-order valence-corrected chi connectivity index (χ3v) is 1.11. The predicted octanol–water partition coefficient (Wildman–Crippen LogP) is 1.13. The van der Waals surface area contributed by atoms with E-state index in [0.29, 0.717) is 0 Å². The first-order valence-electron chi connectivity index (χ1n) is 3.70. The molecular weight excluding hydrogens is 268 g/mol. The van der Waals surface area contributed by atoms with Crippen molar-refractivity contribution in [3.8, 4) is 0 Å². The zero-order valence-electron chi connectivity index (χ0n) is 9.41. The van der Waals surface area contributed by atoms with Crippen LogP contribution < -0.4 is 0 Å². The van der Waals surface area contributed by atoms with Crippen molar-refractivity contribution >= 4 is 5.97 Å². The summed E-state index contributed by atoms with van der Waals surface area (Å²) >= 11 is 0. The normalized spacial score (nSPS) is 7.82. The van der Waals surface area contributed by atoms with E-state index in [2.05, 4.69) is 31.6 Å². The Balaban J connectivity index is -0.0000000594.